The molecule has 0 atom stereocenters. The largest absolute Gasteiger partial charge is 0.378 e. The van der Waals surface area contributed by atoms with Crippen LogP contribution in [0.2, 0.25) is 0 Å². The van der Waals surface area contributed by atoms with Crippen LogP contribution >= 0.6 is 11.8 Å². The van der Waals surface area contributed by atoms with E-state index >= 15 is 0 Å². The van der Waals surface area contributed by atoms with Gasteiger partial charge in [0.05, 0.1) is 18.8 Å². The highest BCUT2D eigenvalue weighted by Gasteiger charge is 2.21. The zero-order chi connectivity index (χ0) is 15.9. The smallest absolute Gasteiger partial charge is 0.256 e. The molecule has 1 aromatic heterocycles. The molecule has 2 aromatic rings. The molecule has 1 aliphatic rings. The molecule has 0 aliphatic carbocycles. The molecule has 1 aromatic carbocycles. The van der Waals surface area contributed by atoms with Crippen LogP contribution in [-0.2, 0) is 11.2 Å². The van der Waals surface area contributed by atoms with Gasteiger partial charge in [0, 0.05) is 25.0 Å². The standard InChI is InChI=1S/C18H20N2O2S/c21-18(20-10-12-22-13-11-20)16-7-4-9-19-17(16)23-14-8-15-5-2-1-3-6-15/h1-7,9H,8,10-14H2. The van der Waals surface area contributed by atoms with E-state index in [9.17, 15) is 4.79 Å². The highest BCUT2D eigenvalue weighted by Crippen LogP contribution is 2.22. The molecule has 2 heterocycles. The van der Waals surface area contributed by atoms with E-state index in [-0.39, 0.29) is 5.91 Å². The van der Waals surface area contributed by atoms with E-state index in [2.05, 4.69) is 17.1 Å². The maximum Gasteiger partial charge on any atom is 0.256 e. The molecular weight excluding hydrogens is 308 g/mol. The number of nitrogens with zero attached hydrogens (tertiary/aromatic N) is 2. The summed E-state index contributed by atoms with van der Waals surface area (Å²) in [7, 11) is 0. The minimum atomic E-state index is 0.0589. The third-order valence-electron chi connectivity index (χ3n) is 3.77. The van der Waals surface area contributed by atoms with E-state index in [1.807, 2.05) is 35.2 Å². The monoisotopic (exact) mass is 328 g/mol. The van der Waals surface area contributed by atoms with Crippen molar-refractivity contribution in [1.29, 1.82) is 0 Å². The number of benzene rings is 1. The molecule has 0 saturated carbocycles. The second-order valence-electron chi connectivity index (χ2n) is 5.34. The predicted molar refractivity (Wildman–Crippen MR) is 91.8 cm³/mol. The van der Waals surface area contributed by atoms with Crippen LogP contribution < -0.4 is 0 Å². The molecule has 5 heteroatoms. The Bertz CT molecular complexity index is 642. The topological polar surface area (TPSA) is 42.4 Å². The van der Waals surface area contributed by atoms with Crippen LogP contribution in [-0.4, -0.2) is 47.8 Å². The summed E-state index contributed by atoms with van der Waals surface area (Å²) < 4.78 is 5.32. The summed E-state index contributed by atoms with van der Waals surface area (Å²) in [6.45, 7) is 2.54. The lowest BCUT2D eigenvalue weighted by Crippen LogP contribution is -2.40. The van der Waals surface area contributed by atoms with Crippen LogP contribution in [0.5, 0.6) is 0 Å². The van der Waals surface area contributed by atoms with Crippen molar-refractivity contribution in [2.24, 2.45) is 0 Å². The number of morpholine rings is 1. The summed E-state index contributed by atoms with van der Waals surface area (Å²) >= 11 is 1.64. The van der Waals surface area contributed by atoms with Crippen LogP contribution in [0.4, 0.5) is 0 Å². The maximum absolute atomic E-state index is 12.7. The highest BCUT2D eigenvalue weighted by molar-refractivity contribution is 7.99. The molecule has 0 bridgehead atoms. The molecule has 1 amide bonds. The molecule has 0 spiro atoms. The summed E-state index contributed by atoms with van der Waals surface area (Å²) in [5.41, 5.74) is 2.00. The van der Waals surface area contributed by atoms with Gasteiger partial charge in [0.1, 0.15) is 5.03 Å². The number of ether oxygens (including phenoxy) is 1. The number of hydrogen-bond acceptors (Lipinski definition) is 4. The van der Waals surface area contributed by atoms with E-state index in [0.29, 0.717) is 31.9 Å². The molecule has 1 aliphatic heterocycles. The van der Waals surface area contributed by atoms with Gasteiger partial charge in [-0.25, -0.2) is 4.98 Å². The lowest BCUT2D eigenvalue weighted by molar-refractivity contribution is 0.0300. The fraction of sp³-hybridized carbons (Fsp3) is 0.333. The first kappa shape index (κ1) is 16.0. The van der Waals surface area contributed by atoms with Gasteiger partial charge in [0.15, 0.2) is 0 Å². The third-order valence-corrected chi connectivity index (χ3v) is 4.78. The van der Waals surface area contributed by atoms with Gasteiger partial charge in [-0.3, -0.25) is 4.79 Å². The van der Waals surface area contributed by atoms with Crippen molar-refractivity contribution in [2.75, 3.05) is 32.1 Å². The number of carbonyl (C=O) groups is 1. The van der Waals surface area contributed by atoms with Crippen LogP contribution in [0.15, 0.2) is 53.7 Å². The second-order valence-corrected chi connectivity index (χ2v) is 6.43. The van der Waals surface area contributed by atoms with Crippen LogP contribution in [0, 0.1) is 0 Å². The first-order valence-electron chi connectivity index (χ1n) is 7.83. The van der Waals surface area contributed by atoms with Crippen molar-refractivity contribution < 1.29 is 9.53 Å². The summed E-state index contributed by atoms with van der Waals surface area (Å²) in [6.07, 6.45) is 2.72. The normalized spacial score (nSPS) is 14.7. The Morgan fingerprint density at radius 2 is 1.91 bits per heavy atom. The highest BCUT2D eigenvalue weighted by atomic mass is 32.2. The van der Waals surface area contributed by atoms with E-state index in [0.717, 1.165) is 17.2 Å². The van der Waals surface area contributed by atoms with Gasteiger partial charge >= 0.3 is 0 Å². The Balaban J connectivity index is 1.64. The van der Waals surface area contributed by atoms with Gasteiger partial charge in [0.25, 0.3) is 5.91 Å². The Labute approximate surface area is 140 Å². The van der Waals surface area contributed by atoms with Gasteiger partial charge in [-0.1, -0.05) is 30.3 Å². The lowest BCUT2D eigenvalue weighted by Gasteiger charge is -2.27. The zero-order valence-corrected chi connectivity index (χ0v) is 13.8. The van der Waals surface area contributed by atoms with Crippen molar-refractivity contribution in [3.05, 3.63) is 59.8 Å². The van der Waals surface area contributed by atoms with E-state index < -0.39 is 0 Å². The molecule has 0 unspecified atom stereocenters. The van der Waals surface area contributed by atoms with Gasteiger partial charge in [-0.15, -0.1) is 11.8 Å². The average Bonchev–Trinajstić information content (AvgIpc) is 2.63. The van der Waals surface area contributed by atoms with Gasteiger partial charge in [0.2, 0.25) is 0 Å². The first-order chi connectivity index (χ1) is 11.3. The number of hydrogen-bond donors (Lipinski definition) is 0. The van der Waals surface area contributed by atoms with E-state index in [1.54, 1.807) is 18.0 Å². The fourth-order valence-corrected chi connectivity index (χ4v) is 3.49. The summed E-state index contributed by atoms with van der Waals surface area (Å²) in [6, 6.07) is 14.1. The number of carbonyl (C=O) groups excluding carboxylic acids is 1. The average molecular weight is 328 g/mol. The molecular formula is C18H20N2O2S. The summed E-state index contributed by atoms with van der Waals surface area (Å²) in [5, 5.41) is 0.819. The summed E-state index contributed by atoms with van der Waals surface area (Å²) in [5.74, 6) is 0.966. The van der Waals surface area contributed by atoms with Gasteiger partial charge < -0.3 is 9.64 Å². The second kappa shape index (κ2) is 8.13. The Hall–Kier alpha value is -1.85. The molecule has 3 rings (SSSR count). The van der Waals surface area contributed by atoms with Gasteiger partial charge in [-0.2, -0.15) is 0 Å². The number of aromatic nitrogens is 1. The molecule has 120 valence electrons. The van der Waals surface area contributed by atoms with E-state index in [4.69, 9.17) is 4.74 Å². The maximum atomic E-state index is 12.7. The predicted octanol–water partition coefficient (Wildman–Crippen LogP) is 2.89. The van der Waals surface area contributed by atoms with Crippen molar-refractivity contribution in [1.82, 2.24) is 9.88 Å². The quantitative estimate of drug-likeness (QED) is 0.792. The van der Waals surface area contributed by atoms with Crippen molar-refractivity contribution >= 4 is 17.7 Å². The van der Waals surface area contributed by atoms with Crippen molar-refractivity contribution in [3.8, 4) is 0 Å². The number of rotatable bonds is 5. The molecule has 23 heavy (non-hydrogen) atoms. The lowest BCUT2D eigenvalue weighted by atomic mass is 10.2. The van der Waals surface area contributed by atoms with Crippen LogP contribution in [0.1, 0.15) is 15.9 Å². The summed E-state index contributed by atoms with van der Waals surface area (Å²) in [4.78, 5) is 18.9. The Kier molecular flexibility index (Phi) is 5.66. The molecule has 0 radical (unpaired) electrons. The minimum absolute atomic E-state index is 0.0589. The Morgan fingerprint density at radius 1 is 1.13 bits per heavy atom. The number of thioether (sulfide) groups is 1. The van der Waals surface area contributed by atoms with E-state index in [1.165, 1.54) is 5.56 Å². The SMILES string of the molecule is O=C(c1cccnc1SCCc1ccccc1)N1CCOCC1. The molecule has 1 saturated heterocycles. The Morgan fingerprint density at radius 3 is 2.70 bits per heavy atom. The molecule has 0 N–H and O–H groups in total. The number of pyridine rings is 1. The first-order valence-corrected chi connectivity index (χ1v) is 8.82. The zero-order valence-electron chi connectivity index (χ0n) is 13.0. The minimum Gasteiger partial charge on any atom is -0.378 e. The fourth-order valence-electron chi connectivity index (χ4n) is 2.52. The van der Waals surface area contributed by atoms with Gasteiger partial charge in [-0.05, 0) is 24.1 Å². The third kappa shape index (κ3) is 4.33. The van der Waals surface area contributed by atoms with Crippen molar-refractivity contribution in [3.63, 3.8) is 0 Å². The van der Waals surface area contributed by atoms with Crippen LogP contribution in [0.3, 0.4) is 0 Å². The van der Waals surface area contributed by atoms with Crippen LogP contribution in [0.25, 0.3) is 0 Å². The molecule has 1 fully saturated rings. The molecule has 4 nitrogen and oxygen atoms in total. The number of aryl methyl sites for hydroxylation is 1. The van der Waals surface area contributed by atoms with Crippen molar-refractivity contribution in [2.45, 2.75) is 11.4 Å². The number of amides is 1.